The van der Waals surface area contributed by atoms with E-state index in [0.717, 1.165) is 31.2 Å². The van der Waals surface area contributed by atoms with E-state index in [0.29, 0.717) is 51.7 Å². The van der Waals surface area contributed by atoms with Crippen LogP contribution in [0.25, 0.3) is 10.4 Å². The molecular formula is C24H35N5O2. The van der Waals surface area contributed by atoms with Gasteiger partial charge in [0, 0.05) is 37.4 Å². The summed E-state index contributed by atoms with van der Waals surface area (Å²) in [4.78, 5) is 30.6. The van der Waals surface area contributed by atoms with Crippen molar-refractivity contribution in [1.29, 1.82) is 0 Å². The predicted molar refractivity (Wildman–Crippen MR) is 124 cm³/mol. The Balaban J connectivity index is 2.96. The third-order valence-corrected chi connectivity index (χ3v) is 5.06. The summed E-state index contributed by atoms with van der Waals surface area (Å²) in [6, 6.07) is 9.19. The molecular weight excluding hydrogens is 390 g/mol. The molecule has 0 aromatic heterocycles. The second-order valence-electron chi connectivity index (χ2n) is 7.53. The molecule has 0 aliphatic rings. The average Bonchev–Trinajstić information content (AvgIpc) is 2.78. The third kappa shape index (κ3) is 11.1. The van der Waals surface area contributed by atoms with Gasteiger partial charge in [-0.15, -0.1) is 12.3 Å². The van der Waals surface area contributed by atoms with Crippen LogP contribution in [0.4, 0.5) is 0 Å². The first kappa shape index (κ1) is 26.1. The van der Waals surface area contributed by atoms with Gasteiger partial charge in [-0.25, -0.2) is 0 Å². The van der Waals surface area contributed by atoms with Gasteiger partial charge in [0.05, 0.1) is 0 Å². The number of nitrogens with zero attached hydrogens (tertiary/aromatic N) is 4. The number of hydrogen-bond acceptors (Lipinski definition) is 3. The van der Waals surface area contributed by atoms with Crippen molar-refractivity contribution in [2.24, 2.45) is 5.11 Å². The van der Waals surface area contributed by atoms with Crippen molar-refractivity contribution in [3.05, 3.63) is 46.3 Å². The standard InChI is InChI=1S/C24H35N5O2/c1-3-5-7-11-16-22(24(31)26-18-6-4-2)29(20-21-14-9-8-10-15-21)23(30)17-12-13-19-27-28-25/h2,8-10,14-15,22H,3,5-7,11-13,16-20H2,1H3,(H,26,31). The van der Waals surface area contributed by atoms with Crippen molar-refractivity contribution in [3.8, 4) is 12.3 Å². The molecule has 7 nitrogen and oxygen atoms in total. The molecule has 0 aliphatic carbocycles. The number of benzene rings is 1. The van der Waals surface area contributed by atoms with E-state index in [-0.39, 0.29) is 11.8 Å². The Morgan fingerprint density at radius 3 is 2.65 bits per heavy atom. The zero-order valence-electron chi connectivity index (χ0n) is 18.6. The first-order chi connectivity index (χ1) is 15.1. The lowest BCUT2D eigenvalue weighted by Gasteiger charge is -2.31. The van der Waals surface area contributed by atoms with Gasteiger partial charge in [-0.05, 0) is 30.4 Å². The summed E-state index contributed by atoms with van der Waals surface area (Å²) >= 11 is 0. The number of unbranched alkanes of at least 4 members (excludes halogenated alkanes) is 4. The Hall–Kier alpha value is -2.97. The lowest BCUT2D eigenvalue weighted by Crippen LogP contribution is -2.49. The molecule has 1 aromatic carbocycles. The lowest BCUT2D eigenvalue weighted by molar-refractivity contribution is -0.141. The maximum Gasteiger partial charge on any atom is 0.242 e. The summed E-state index contributed by atoms with van der Waals surface area (Å²) in [5.74, 6) is 2.32. The van der Waals surface area contributed by atoms with Gasteiger partial charge in [0.2, 0.25) is 11.8 Å². The summed E-state index contributed by atoms with van der Waals surface area (Å²) in [5.41, 5.74) is 9.38. The largest absolute Gasteiger partial charge is 0.353 e. The zero-order chi connectivity index (χ0) is 22.7. The molecule has 0 aliphatic heterocycles. The molecule has 0 saturated carbocycles. The Bertz CT molecular complexity index is 738. The molecule has 1 atom stereocenters. The van der Waals surface area contributed by atoms with Gasteiger partial charge in [-0.3, -0.25) is 9.59 Å². The SMILES string of the molecule is C#CCCNC(=O)C(CCCCCC)N(Cc1ccccc1)C(=O)CCCCN=[N+]=[N-]. The van der Waals surface area contributed by atoms with Crippen LogP contribution in [0, 0.1) is 12.3 Å². The molecule has 1 aromatic rings. The average molecular weight is 426 g/mol. The van der Waals surface area contributed by atoms with Crippen molar-refractivity contribution < 1.29 is 9.59 Å². The van der Waals surface area contributed by atoms with Crippen LogP contribution >= 0.6 is 0 Å². The Labute approximate surface area is 186 Å². The molecule has 1 unspecified atom stereocenters. The van der Waals surface area contributed by atoms with Crippen molar-refractivity contribution >= 4 is 11.8 Å². The minimum absolute atomic E-state index is 0.0580. The number of carbonyl (C=O) groups excluding carboxylic acids is 2. The molecule has 0 fully saturated rings. The quantitative estimate of drug-likeness (QED) is 0.133. The number of rotatable bonds is 16. The Morgan fingerprint density at radius 2 is 1.97 bits per heavy atom. The molecule has 0 bridgehead atoms. The maximum atomic E-state index is 13.2. The first-order valence-electron chi connectivity index (χ1n) is 11.2. The van der Waals surface area contributed by atoms with E-state index in [1.807, 2.05) is 30.3 Å². The third-order valence-electron chi connectivity index (χ3n) is 5.06. The van der Waals surface area contributed by atoms with E-state index >= 15 is 0 Å². The van der Waals surface area contributed by atoms with E-state index in [9.17, 15) is 9.59 Å². The smallest absolute Gasteiger partial charge is 0.242 e. The second-order valence-corrected chi connectivity index (χ2v) is 7.53. The van der Waals surface area contributed by atoms with Crippen LogP contribution in [0.2, 0.25) is 0 Å². The molecule has 0 radical (unpaired) electrons. The van der Waals surface area contributed by atoms with E-state index in [4.69, 9.17) is 12.0 Å². The highest BCUT2D eigenvalue weighted by Crippen LogP contribution is 2.18. The van der Waals surface area contributed by atoms with Gasteiger partial charge in [0.1, 0.15) is 6.04 Å². The molecule has 1 rings (SSSR count). The first-order valence-corrected chi connectivity index (χ1v) is 11.2. The monoisotopic (exact) mass is 425 g/mol. The summed E-state index contributed by atoms with van der Waals surface area (Å²) in [6.45, 7) is 3.30. The Morgan fingerprint density at radius 1 is 1.19 bits per heavy atom. The van der Waals surface area contributed by atoms with Crippen molar-refractivity contribution in [1.82, 2.24) is 10.2 Å². The lowest BCUT2D eigenvalue weighted by atomic mass is 10.0. The van der Waals surface area contributed by atoms with Crippen LogP contribution in [0.1, 0.15) is 70.3 Å². The van der Waals surface area contributed by atoms with Crippen LogP contribution < -0.4 is 5.32 Å². The van der Waals surface area contributed by atoms with Crippen molar-refractivity contribution in [3.63, 3.8) is 0 Å². The minimum atomic E-state index is -0.528. The molecule has 0 saturated heterocycles. The van der Waals surface area contributed by atoms with Gasteiger partial charge in [-0.2, -0.15) is 0 Å². The maximum absolute atomic E-state index is 13.2. The number of carbonyl (C=O) groups is 2. The van der Waals surface area contributed by atoms with E-state index in [1.54, 1.807) is 4.90 Å². The van der Waals surface area contributed by atoms with Gasteiger partial charge in [0.25, 0.3) is 0 Å². The molecule has 1 N–H and O–H groups in total. The molecule has 7 heteroatoms. The van der Waals surface area contributed by atoms with Gasteiger partial charge >= 0.3 is 0 Å². The number of nitrogens with one attached hydrogen (secondary N) is 1. The highest BCUT2D eigenvalue weighted by atomic mass is 16.2. The number of terminal acetylenes is 1. The fourth-order valence-electron chi connectivity index (χ4n) is 3.37. The molecule has 2 amide bonds. The topological polar surface area (TPSA) is 98.2 Å². The summed E-state index contributed by atoms with van der Waals surface area (Å²) < 4.78 is 0. The molecule has 31 heavy (non-hydrogen) atoms. The zero-order valence-corrected chi connectivity index (χ0v) is 18.6. The molecule has 0 heterocycles. The van der Waals surface area contributed by atoms with E-state index < -0.39 is 6.04 Å². The van der Waals surface area contributed by atoms with Crippen molar-refractivity contribution in [2.75, 3.05) is 13.1 Å². The van der Waals surface area contributed by atoms with Crippen LogP contribution in [-0.2, 0) is 16.1 Å². The number of azide groups is 1. The van der Waals surface area contributed by atoms with E-state index in [1.165, 1.54) is 0 Å². The normalized spacial score (nSPS) is 11.1. The fraction of sp³-hybridized carbons (Fsp3) is 0.583. The summed E-state index contributed by atoms with van der Waals surface area (Å²) in [5, 5.41) is 6.42. The minimum Gasteiger partial charge on any atom is -0.353 e. The number of amides is 2. The van der Waals surface area contributed by atoms with Crippen LogP contribution in [0.15, 0.2) is 35.4 Å². The van der Waals surface area contributed by atoms with Gasteiger partial charge in [0.15, 0.2) is 0 Å². The summed E-state index contributed by atoms with van der Waals surface area (Å²) in [7, 11) is 0. The highest BCUT2D eigenvalue weighted by molar-refractivity contribution is 5.87. The van der Waals surface area contributed by atoms with Gasteiger partial charge in [-0.1, -0.05) is 68.1 Å². The summed E-state index contributed by atoms with van der Waals surface area (Å²) in [6.07, 6.45) is 12.1. The predicted octanol–water partition coefficient (Wildman–Crippen LogP) is 4.97. The molecule has 168 valence electrons. The van der Waals surface area contributed by atoms with E-state index in [2.05, 4.69) is 28.2 Å². The van der Waals surface area contributed by atoms with Crippen LogP contribution in [0.5, 0.6) is 0 Å². The fourth-order valence-corrected chi connectivity index (χ4v) is 3.37. The Kier molecular flexibility index (Phi) is 14.1. The van der Waals surface area contributed by atoms with Crippen LogP contribution in [-0.4, -0.2) is 35.8 Å². The van der Waals surface area contributed by atoms with Crippen LogP contribution in [0.3, 0.4) is 0 Å². The second kappa shape index (κ2) is 16.8. The molecule has 0 spiro atoms. The van der Waals surface area contributed by atoms with Gasteiger partial charge < -0.3 is 10.2 Å². The highest BCUT2D eigenvalue weighted by Gasteiger charge is 2.29. The van der Waals surface area contributed by atoms with Crippen molar-refractivity contribution in [2.45, 2.75) is 77.3 Å². The number of hydrogen-bond donors (Lipinski definition) is 1.